The molecule has 0 N–H and O–H groups in total. The van der Waals surface area contributed by atoms with Gasteiger partial charge in [0, 0.05) is 19.8 Å². The second-order valence-electron chi connectivity index (χ2n) is 8.06. The Hall–Kier alpha value is -3.65. The summed E-state index contributed by atoms with van der Waals surface area (Å²) in [6.45, 7) is 3.78. The van der Waals surface area contributed by atoms with Gasteiger partial charge < -0.3 is 14.4 Å². The van der Waals surface area contributed by atoms with Crippen molar-refractivity contribution in [2.45, 2.75) is 19.9 Å². The average molecular weight is 478 g/mol. The first-order valence-corrected chi connectivity index (χ1v) is 11.8. The van der Waals surface area contributed by atoms with Crippen molar-refractivity contribution < 1.29 is 14.3 Å². The fourth-order valence-electron chi connectivity index (χ4n) is 3.94. The Kier molecular flexibility index (Phi) is 6.70. The molecule has 0 radical (unpaired) electrons. The molecule has 1 atom stereocenters. The third-order valence-corrected chi connectivity index (χ3v) is 6.62. The van der Waals surface area contributed by atoms with Crippen LogP contribution in [0.2, 0.25) is 0 Å². The lowest BCUT2D eigenvalue weighted by Crippen LogP contribution is -2.39. The molecule has 7 nitrogen and oxygen atoms in total. The minimum absolute atomic E-state index is 0.206. The highest BCUT2D eigenvalue weighted by atomic mass is 32.1. The fraction of sp³-hybridized carbons (Fsp3) is 0.269. The summed E-state index contributed by atoms with van der Waals surface area (Å²) in [4.78, 5) is 33.8. The maximum atomic E-state index is 13.6. The van der Waals surface area contributed by atoms with E-state index < -0.39 is 12.0 Å². The van der Waals surface area contributed by atoms with Crippen molar-refractivity contribution in [2.24, 2.45) is 4.99 Å². The van der Waals surface area contributed by atoms with Gasteiger partial charge in [-0.05, 0) is 55.3 Å². The highest BCUT2D eigenvalue weighted by molar-refractivity contribution is 7.07. The summed E-state index contributed by atoms with van der Waals surface area (Å²) in [6, 6.07) is 14.7. The first kappa shape index (κ1) is 23.5. The number of rotatable bonds is 6. The largest absolute Gasteiger partial charge is 0.497 e. The van der Waals surface area contributed by atoms with E-state index in [9.17, 15) is 9.59 Å². The number of thiazole rings is 1. The lowest BCUT2D eigenvalue weighted by Gasteiger charge is -2.25. The van der Waals surface area contributed by atoms with E-state index in [2.05, 4.69) is 4.99 Å². The molecule has 176 valence electrons. The number of anilines is 1. The van der Waals surface area contributed by atoms with Gasteiger partial charge in [-0.25, -0.2) is 9.79 Å². The van der Waals surface area contributed by atoms with Gasteiger partial charge in [0.2, 0.25) is 0 Å². The topological polar surface area (TPSA) is 73.1 Å². The van der Waals surface area contributed by atoms with E-state index in [0.29, 0.717) is 26.4 Å². The number of methoxy groups -OCH3 is 1. The van der Waals surface area contributed by atoms with Crippen molar-refractivity contribution in [3.05, 3.63) is 90.6 Å². The molecule has 3 aromatic rings. The maximum absolute atomic E-state index is 13.6. The molecule has 4 rings (SSSR count). The van der Waals surface area contributed by atoms with Crippen LogP contribution in [0, 0.1) is 0 Å². The second-order valence-corrected chi connectivity index (χ2v) is 9.07. The molecule has 0 aliphatic carbocycles. The van der Waals surface area contributed by atoms with Crippen LogP contribution in [0.4, 0.5) is 5.69 Å². The van der Waals surface area contributed by atoms with Crippen LogP contribution in [-0.4, -0.2) is 38.3 Å². The average Bonchev–Trinajstić information content (AvgIpc) is 3.12. The molecule has 34 heavy (non-hydrogen) atoms. The van der Waals surface area contributed by atoms with Crippen molar-refractivity contribution in [1.82, 2.24) is 4.57 Å². The minimum atomic E-state index is -0.626. The van der Waals surface area contributed by atoms with Crippen LogP contribution in [0.1, 0.15) is 31.0 Å². The standard InChI is InChI=1S/C26H27N3O4S/c1-6-33-25(31)22-16(2)27-26-29(23(22)18-10-12-19(13-11-18)28(3)4)24(30)21(34-26)15-17-8-7-9-20(14-17)32-5/h7-15,23H,6H2,1-5H3/b21-15-. The van der Waals surface area contributed by atoms with E-state index in [-0.39, 0.29) is 12.2 Å². The molecule has 0 amide bonds. The molecule has 2 aromatic carbocycles. The molecule has 0 spiro atoms. The van der Waals surface area contributed by atoms with Gasteiger partial charge in [0.25, 0.3) is 5.56 Å². The Morgan fingerprint density at radius 3 is 2.59 bits per heavy atom. The van der Waals surface area contributed by atoms with Crippen molar-refractivity contribution in [3.63, 3.8) is 0 Å². The van der Waals surface area contributed by atoms with Crippen molar-refractivity contribution >= 4 is 29.1 Å². The van der Waals surface area contributed by atoms with Crippen LogP contribution in [0.3, 0.4) is 0 Å². The van der Waals surface area contributed by atoms with E-state index in [1.165, 1.54) is 11.3 Å². The van der Waals surface area contributed by atoms with Crippen LogP contribution in [0.5, 0.6) is 5.75 Å². The number of fused-ring (bicyclic) bond motifs is 1. The van der Waals surface area contributed by atoms with Crippen LogP contribution in [-0.2, 0) is 9.53 Å². The minimum Gasteiger partial charge on any atom is -0.497 e. The molecule has 1 aliphatic rings. The van der Waals surface area contributed by atoms with Gasteiger partial charge in [0.05, 0.1) is 35.6 Å². The lowest BCUT2D eigenvalue weighted by molar-refractivity contribution is -0.139. The smallest absolute Gasteiger partial charge is 0.338 e. The Morgan fingerprint density at radius 2 is 1.94 bits per heavy atom. The van der Waals surface area contributed by atoms with Crippen molar-refractivity contribution in [2.75, 3.05) is 32.7 Å². The Labute approximate surface area is 201 Å². The number of allylic oxidation sites excluding steroid dienone is 1. The monoisotopic (exact) mass is 477 g/mol. The lowest BCUT2D eigenvalue weighted by atomic mass is 9.95. The Bertz CT molecular complexity index is 1430. The van der Waals surface area contributed by atoms with Gasteiger partial charge in [0.15, 0.2) is 4.80 Å². The molecular formula is C26H27N3O4S. The SMILES string of the molecule is CCOC(=O)C1=C(C)N=c2s/c(=C\c3cccc(OC)c3)c(=O)n2C1c1ccc(N(C)C)cc1. The first-order valence-electron chi connectivity index (χ1n) is 10.9. The third kappa shape index (κ3) is 4.41. The summed E-state index contributed by atoms with van der Waals surface area (Å²) in [7, 11) is 5.53. The third-order valence-electron chi connectivity index (χ3n) is 5.63. The van der Waals surface area contributed by atoms with Crippen molar-refractivity contribution in [3.8, 4) is 5.75 Å². The zero-order chi connectivity index (χ0) is 24.4. The van der Waals surface area contributed by atoms with Crippen LogP contribution in [0.25, 0.3) is 6.08 Å². The number of benzene rings is 2. The van der Waals surface area contributed by atoms with Crippen molar-refractivity contribution in [1.29, 1.82) is 0 Å². The molecule has 1 aromatic heterocycles. The predicted molar refractivity (Wildman–Crippen MR) is 134 cm³/mol. The van der Waals surface area contributed by atoms with Crippen LogP contribution >= 0.6 is 11.3 Å². The van der Waals surface area contributed by atoms with Gasteiger partial charge in [-0.1, -0.05) is 35.6 Å². The molecule has 1 aliphatic heterocycles. The summed E-state index contributed by atoms with van der Waals surface area (Å²) in [6.07, 6.45) is 1.82. The number of ether oxygens (including phenoxy) is 2. The number of esters is 1. The van der Waals surface area contributed by atoms with E-state index in [1.54, 1.807) is 25.5 Å². The molecular weight excluding hydrogens is 450 g/mol. The van der Waals surface area contributed by atoms with E-state index in [0.717, 1.165) is 16.8 Å². The molecule has 0 bridgehead atoms. The summed E-state index contributed by atoms with van der Waals surface area (Å²) in [5.41, 5.74) is 3.40. The van der Waals surface area contributed by atoms with E-state index >= 15 is 0 Å². The van der Waals surface area contributed by atoms with E-state index in [4.69, 9.17) is 9.47 Å². The number of nitrogens with zero attached hydrogens (tertiary/aromatic N) is 3. The fourth-order valence-corrected chi connectivity index (χ4v) is 4.99. The number of hydrogen-bond acceptors (Lipinski definition) is 7. The van der Waals surface area contributed by atoms with Gasteiger partial charge >= 0.3 is 5.97 Å². The second kappa shape index (κ2) is 9.69. The summed E-state index contributed by atoms with van der Waals surface area (Å²) in [5, 5.41) is 0. The maximum Gasteiger partial charge on any atom is 0.338 e. The highest BCUT2D eigenvalue weighted by Crippen LogP contribution is 2.31. The van der Waals surface area contributed by atoms with E-state index in [1.807, 2.05) is 73.6 Å². The molecule has 1 unspecified atom stereocenters. The Balaban J connectivity index is 1.92. The zero-order valence-corrected chi connectivity index (χ0v) is 20.7. The highest BCUT2D eigenvalue weighted by Gasteiger charge is 2.33. The quantitative estimate of drug-likeness (QED) is 0.511. The number of carbonyl (C=O) groups excluding carboxylic acids is 1. The number of carbonyl (C=O) groups is 1. The van der Waals surface area contributed by atoms with Gasteiger partial charge in [-0.15, -0.1) is 0 Å². The Morgan fingerprint density at radius 1 is 1.21 bits per heavy atom. The number of hydrogen-bond donors (Lipinski definition) is 0. The predicted octanol–water partition coefficient (Wildman–Crippen LogP) is 2.87. The van der Waals surface area contributed by atoms with Gasteiger partial charge in [-0.3, -0.25) is 9.36 Å². The zero-order valence-electron chi connectivity index (χ0n) is 19.9. The normalized spacial score (nSPS) is 15.6. The first-order chi connectivity index (χ1) is 16.3. The van der Waals surface area contributed by atoms with Crippen LogP contribution < -0.4 is 24.5 Å². The van der Waals surface area contributed by atoms with Gasteiger partial charge in [0.1, 0.15) is 5.75 Å². The molecule has 0 fully saturated rings. The van der Waals surface area contributed by atoms with Gasteiger partial charge in [-0.2, -0.15) is 0 Å². The molecule has 0 saturated carbocycles. The summed E-state index contributed by atoms with van der Waals surface area (Å²) >= 11 is 1.30. The summed E-state index contributed by atoms with van der Waals surface area (Å²) < 4.78 is 12.8. The number of aromatic nitrogens is 1. The molecule has 2 heterocycles. The summed E-state index contributed by atoms with van der Waals surface area (Å²) in [5.74, 6) is 0.244. The van der Waals surface area contributed by atoms with Crippen LogP contribution in [0.15, 0.2) is 69.6 Å². The molecule has 0 saturated heterocycles. The molecule has 8 heteroatoms.